The van der Waals surface area contributed by atoms with Crippen molar-refractivity contribution in [2.75, 3.05) is 19.7 Å². The van der Waals surface area contributed by atoms with Crippen LogP contribution in [0.2, 0.25) is 0 Å². The highest BCUT2D eigenvalue weighted by Crippen LogP contribution is 2.43. The zero-order chi connectivity index (χ0) is 33.4. The van der Waals surface area contributed by atoms with Crippen molar-refractivity contribution in [1.82, 2.24) is 15.5 Å². The third-order valence-corrected chi connectivity index (χ3v) is 10.1. The maximum Gasteiger partial charge on any atom is 0.407 e. The van der Waals surface area contributed by atoms with Gasteiger partial charge in [-0.15, -0.1) is 0 Å². The molecule has 0 aromatic rings. The van der Waals surface area contributed by atoms with Crippen molar-refractivity contribution in [2.45, 2.75) is 134 Å². The third-order valence-electron chi connectivity index (χ3n) is 10.1. The van der Waals surface area contributed by atoms with E-state index in [9.17, 15) is 24.6 Å². The Kier molecular flexibility index (Phi) is 13.0. The van der Waals surface area contributed by atoms with Gasteiger partial charge in [-0.3, -0.25) is 9.59 Å². The van der Waals surface area contributed by atoms with Gasteiger partial charge in [0, 0.05) is 37.6 Å². The topological polar surface area (TPSA) is 150 Å². The summed E-state index contributed by atoms with van der Waals surface area (Å²) >= 11 is 0. The van der Waals surface area contributed by atoms with Crippen molar-refractivity contribution in [3.05, 3.63) is 36.0 Å². The molecule has 11 atom stereocenters. The fraction of sp³-hybridized carbons (Fsp3) is 0.743. The minimum Gasteiger partial charge on any atom is -0.465 e. The smallest absolute Gasteiger partial charge is 0.407 e. The zero-order valence-electron chi connectivity index (χ0n) is 28.1. The number of aldehydes is 1. The van der Waals surface area contributed by atoms with Gasteiger partial charge in [-0.05, 0) is 63.9 Å². The van der Waals surface area contributed by atoms with Gasteiger partial charge in [0.1, 0.15) is 24.1 Å². The van der Waals surface area contributed by atoms with Gasteiger partial charge >= 0.3 is 6.09 Å². The largest absolute Gasteiger partial charge is 0.465 e. The van der Waals surface area contributed by atoms with E-state index in [-0.39, 0.29) is 54.7 Å². The Morgan fingerprint density at radius 3 is 2.63 bits per heavy atom. The van der Waals surface area contributed by atoms with Crippen LogP contribution in [-0.2, 0) is 23.8 Å². The number of carbonyl (C=O) groups is 3. The molecule has 4 aliphatic heterocycles. The molecule has 4 fully saturated rings. The number of nitrogens with one attached hydrogen (secondary N) is 2. The van der Waals surface area contributed by atoms with E-state index in [1.165, 1.54) is 11.0 Å². The Labute approximate surface area is 273 Å². The summed E-state index contributed by atoms with van der Waals surface area (Å²) in [5.41, 5.74) is 0.418. The van der Waals surface area contributed by atoms with Crippen LogP contribution in [0.15, 0.2) is 36.0 Å². The average molecular weight is 646 g/mol. The highest BCUT2D eigenvalue weighted by molar-refractivity contribution is 5.76. The van der Waals surface area contributed by atoms with Crippen LogP contribution < -0.4 is 10.6 Å². The van der Waals surface area contributed by atoms with Crippen molar-refractivity contribution in [2.24, 2.45) is 11.8 Å². The lowest BCUT2D eigenvalue weighted by atomic mass is 9.86. The highest BCUT2D eigenvalue weighted by atomic mass is 16.6. The number of hydrogen-bond donors (Lipinski definition) is 4. The van der Waals surface area contributed by atoms with Crippen LogP contribution in [0.25, 0.3) is 0 Å². The van der Waals surface area contributed by atoms with Gasteiger partial charge in [0.2, 0.25) is 5.91 Å². The number of aliphatic hydroxyl groups is 1. The van der Waals surface area contributed by atoms with Crippen LogP contribution >= 0.6 is 0 Å². The van der Waals surface area contributed by atoms with E-state index in [1.54, 1.807) is 6.08 Å². The molecule has 4 saturated heterocycles. The first-order chi connectivity index (χ1) is 22.0. The van der Waals surface area contributed by atoms with Crippen molar-refractivity contribution in [3.8, 4) is 0 Å². The summed E-state index contributed by atoms with van der Waals surface area (Å²) < 4.78 is 18.3. The molecule has 0 aromatic carbocycles. The zero-order valence-corrected chi connectivity index (χ0v) is 28.1. The molecular formula is C35H55N3O8. The van der Waals surface area contributed by atoms with Crippen LogP contribution in [-0.4, -0.2) is 107 Å². The summed E-state index contributed by atoms with van der Waals surface area (Å²) in [5, 5.41) is 27.4. The molecule has 258 valence electrons. The van der Waals surface area contributed by atoms with E-state index in [0.717, 1.165) is 44.0 Å². The van der Waals surface area contributed by atoms with Gasteiger partial charge in [-0.1, -0.05) is 50.6 Å². The number of allylic oxidation sites excluding steroid dienone is 3. The number of aliphatic hydroxyl groups excluding tert-OH is 1. The van der Waals surface area contributed by atoms with Crippen molar-refractivity contribution >= 4 is 18.3 Å². The Morgan fingerprint density at radius 2 is 1.96 bits per heavy atom. The standard InChI is InChI=1S/C35H55N3O8/c1-6-15-36-32(40)18-27-19-35(21-44-35)33(41)31(46-27)14-10-22(2)9-13-30-24(4)17-28(25(5)45-30)37-26-11-12-29(23(3)8-7-16-39)38(20-26)34(42)43/h7-10,14,16,23-31,33,37,41H,6,11-13,15,17-21H2,1-5H3,(H,36,40)(H,42,43)/t23?,24-,25+,26?,27+,28+,29-,30-,31+,33+,35+/m0/s1. The summed E-state index contributed by atoms with van der Waals surface area (Å²) in [7, 11) is 0. The van der Waals surface area contributed by atoms with Gasteiger partial charge in [-0.25, -0.2) is 4.79 Å². The Morgan fingerprint density at radius 1 is 1.20 bits per heavy atom. The Balaban J connectivity index is 1.27. The summed E-state index contributed by atoms with van der Waals surface area (Å²) in [6, 6.07) is 0.0259. The number of carbonyl (C=O) groups excluding carboxylic acids is 2. The Hall–Kier alpha value is -2.57. The van der Waals surface area contributed by atoms with E-state index in [2.05, 4.69) is 30.6 Å². The predicted octanol–water partition coefficient (Wildman–Crippen LogP) is 3.76. The van der Waals surface area contributed by atoms with E-state index >= 15 is 0 Å². The fourth-order valence-corrected chi connectivity index (χ4v) is 7.25. The molecule has 11 heteroatoms. The molecule has 4 N–H and O–H groups in total. The molecule has 0 bridgehead atoms. The molecule has 46 heavy (non-hydrogen) atoms. The fourth-order valence-electron chi connectivity index (χ4n) is 7.25. The second-order valence-electron chi connectivity index (χ2n) is 13.8. The van der Waals surface area contributed by atoms with Gasteiger partial charge < -0.3 is 40.0 Å². The van der Waals surface area contributed by atoms with Crippen LogP contribution in [0, 0.1) is 11.8 Å². The molecule has 2 unspecified atom stereocenters. The number of hydrogen-bond acceptors (Lipinski definition) is 8. The first kappa shape index (κ1) is 36.3. The molecule has 0 aromatic heterocycles. The number of carboxylic acid groups (broad SMARTS) is 1. The molecule has 4 aliphatic rings. The molecule has 1 spiro atoms. The lowest BCUT2D eigenvalue weighted by molar-refractivity contribution is -0.145. The SMILES string of the molecule is CCCNC(=O)C[C@@H]1C[C@@]2(CO2)[C@H](O)[C@@H](C=CC(C)=CC[C@@H]2O[C@H](C)[C@H](NC3CC[C@@H](C(C)C=CC=O)N(C(=O)O)C3)C[C@@H]2C)O1. The molecule has 11 nitrogen and oxygen atoms in total. The van der Waals surface area contributed by atoms with E-state index in [1.807, 2.05) is 32.9 Å². The molecule has 0 aliphatic carbocycles. The van der Waals surface area contributed by atoms with Crippen molar-refractivity contribution < 1.29 is 38.8 Å². The van der Waals surface area contributed by atoms with Gasteiger partial charge in [0.25, 0.3) is 0 Å². The van der Waals surface area contributed by atoms with Crippen LogP contribution in [0.4, 0.5) is 4.79 Å². The molecule has 4 heterocycles. The van der Waals surface area contributed by atoms with Gasteiger partial charge in [0.15, 0.2) is 0 Å². The second-order valence-corrected chi connectivity index (χ2v) is 13.8. The first-order valence-corrected chi connectivity index (χ1v) is 17.1. The maximum absolute atomic E-state index is 12.3. The number of nitrogens with zero attached hydrogens (tertiary/aromatic N) is 1. The van der Waals surface area contributed by atoms with Crippen molar-refractivity contribution in [1.29, 1.82) is 0 Å². The number of amides is 2. The molecule has 0 radical (unpaired) electrons. The molecule has 2 amide bonds. The highest BCUT2D eigenvalue weighted by Gasteiger charge is 2.58. The van der Waals surface area contributed by atoms with E-state index in [0.29, 0.717) is 32.0 Å². The molecular weight excluding hydrogens is 590 g/mol. The molecule has 0 saturated carbocycles. The normalized spacial score (nSPS) is 37.5. The second kappa shape index (κ2) is 16.5. The number of rotatable bonds is 13. The van der Waals surface area contributed by atoms with Crippen LogP contribution in [0.5, 0.6) is 0 Å². The number of piperidine rings is 1. The first-order valence-electron chi connectivity index (χ1n) is 17.1. The summed E-state index contributed by atoms with van der Waals surface area (Å²) in [6.07, 6.45) is 12.3. The quantitative estimate of drug-likeness (QED) is 0.102. The van der Waals surface area contributed by atoms with E-state index in [4.69, 9.17) is 14.2 Å². The van der Waals surface area contributed by atoms with Crippen molar-refractivity contribution in [3.63, 3.8) is 0 Å². The molecule has 4 rings (SSSR count). The van der Waals surface area contributed by atoms with Crippen LogP contribution in [0.3, 0.4) is 0 Å². The number of ether oxygens (including phenoxy) is 3. The lowest BCUT2D eigenvalue weighted by Crippen LogP contribution is -2.59. The maximum atomic E-state index is 12.3. The number of epoxide rings is 1. The minimum atomic E-state index is -0.931. The predicted molar refractivity (Wildman–Crippen MR) is 174 cm³/mol. The summed E-state index contributed by atoms with van der Waals surface area (Å²) in [6.45, 7) is 11.8. The van der Waals surface area contributed by atoms with Crippen LogP contribution in [0.1, 0.15) is 79.6 Å². The van der Waals surface area contributed by atoms with Gasteiger partial charge in [0.05, 0.1) is 31.3 Å². The lowest BCUT2D eigenvalue weighted by Gasteiger charge is -2.44. The van der Waals surface area contributed by atoms with E-state index < -0.39 is 23.9 Å². The summed E-state index contributed by atoms with van der Waals surface area (Å²) in [4.78, 5) is 36.6. The monoisotopic (exact) mass is 645 g/mol. The average Bonchev–Trinajstić information content (AvgIpc) is 3.80. The summed E-state index contributed by atoms with van der Waals surface area (Å²) in [5.74, 6) is 0.225. The van der Waals surface area contributed by atoms with Gasteiger partial charge in [-0.2, -0.15) is 0 Å². The number of likely N-dealkylation sites (tertiary alicyclic amines) is 1. The Bertz CT molecular complexity index is 1140. The minimum absolute atomic E-state index is 0.0251. The third kappa shape index (κ3) is 9.50.